The topological polar surface area (TPSA) is 39.1 Å². The van der Waals surface area contributed by atoms with E-state index < -0.39 is 0 Å². The molecule has 0 aliphatic rings. The molecule has 0 aliphatic carbocycles. The van der Waals surface area contributed by atoms with E-state index in [-0.39, 0.29) is 0 Å². The Morgan fingerprint density at radius 3 is 2.47 bits per heavy atom. The van der Waals surface area contributed by atoms with E-state index in [1.54, 1.807) is 7.11 Å². The van der Waals surface area contributed by atoms with Gasteiger partial charge in [-0.05, 0) is 32.7 Å². The lowest BCUT2D eigenvalue weighted by Gasteiger charge is -2.27. The maximum atomic E-state index is 5.51. The van der Waals surface area contributed by atoms with Crippen molar-refractivity contribution in [1.29, 1.82) is 0 Å². The van der Waals surface area contributed by atoms with Crippen LogP contribution < -0.4 is 10.1 Å². The molecular formula is C15H29N3O. The Labute approximate surface area is 117 Å². The summed E-state index contributed by atoms with van der Waals surface area (Å²) in [6.07, 6.45) is 4.09. The SMILES string of the molecule is CCCNC(c1c(OC)cnn1C(C)C)C(C)CC. The molecule has 0 aliphatic heterocycles. The van der Waals surface area contributed by atoms with Gasteiger partial charge in [0, 0.05) is 6.04 Å². The highest BCUT2D eigenvalue weighted by Gasteiger charge is 2.26. The van der Waals surface area contributed by atoms with Crippen LogP contribution in [-0.4, -0.2) is 23.4 Å². The van der Waals surface area contributed by atoms with Gasteiger partial charge in [0.2, 0.25) is 0 Å². The fraction of sp³-hybridized carbons (Fsp3) is 0.800. The molecule has 1 N–H and O–H groups in total. The molecule has 0 bridgehead atoms. The monoisotopic (exact) mass is 267 g/mol. The van der Waals surface area contributed by atoms with E-state index in [2.05, 4.69) is 49.7 Å². The highest BCUT2D eigenvalue weighted by Crippen LogP contribution is 2.33. The van der Waals surface area contributed by atoms with Crippen LogP contribution >= 0.6 is 0 Å². The van der Waals surface area contributed by atoms with Gasteiger partial charge in [0.1, 0.15) is 0 Å². The first-order valence-corrected chi connectivity index (χ1v) is 7.41. The van der Waals surface area contributed by atoms with Gasteiger partial charge in [-0.15, -0.1) is 0 Å². The quantitative estimate of drug-likeness (QED) is 0.782. The number of rotatable bonds is 8. The number of nitrogens with zero attached hydrogens (tertiary/aromatic N) is 2. The largest absolute Gasteiger partial charge is 0.493 e. The summed E-state index contributed by atoms with van der Waals surface area (Å²) in [5.41, 5.74) is 1.18. The second kappa shape index (κ2) is 7.53. The lowest BCUT2D eigenvalue weighted by Crippen LogP contribution is -2.30. The summed E-state index contributed by atoms with van der Waals surface area (Å²) < 4.78 is 7.59. The van der Waals surface area contributed by atoms with Gasteiger partial charge in [-0.25, -0.2) is 0 Å². The molecule has 0 spiro atoms. The number of hydrogen-bond donors (Lipinski definition) is 1. The standard InChI is InChI=1S/C15H29N3O/c1-7-9-16-14(12(5)8-2)15-13(19-6)10-17-18(15)11(3)4/h10-12,14,16H,7-9H2,1-6H3. The molecular weight excluding hydrogens is 238 g/mol. The first-order chi connectivity index (χ1) is 9.06. The number of ether oxygens (including phenoxy) is 1. The second-order valence-electron chi connectivity index (χ2n) is 5.45. The lowest BCUT2D eigenvalue weighted by molar-refractivity contribution is 0.325. The zero-order valence-corrected chi connectivity index (χ0v) is 13.2. The Bertz CT molecular complexity index is 373. The van der Waals surface area contributed by atoms with Crippen molar-refractivity contribution in [1.82, 2.24) is 15.1 Å². The van der Waals surface area contributed by atoms with Gasteiger partial charge in [0.15, 0.2) is 5.75 Å². The van der Waals surface area contributed by atoms with Crippen LogP contribution in [0.3, 0.4) is 0 Å². The van der Waals surface area contributed by atoms with Crippen molar-refractivity contribution in [2.24, 2.45) is 5.92 Å². The van der Waals surface area contributed by atoms with E-state index in [0.717, 1.165) is 25.1 Å². The minimum Gasteiger partial charge on any atom is -0.493 e. The Hall–Kier alpha value is -1.03. The van der Waals surface area contributed by atoms with Crippen LogP contribution in [0.5, 0.6) is 5.75 Å². The normalized spacial score (nSPS) is 14.7. The highest BCUT2D eigenvalue weighted by atomic mass is 16.5. The first kappa shape index (κ1) is 16.0. The Morgan fingerprint density at radius 1 is 1.32 bits per heavy atom. The van der Waals surface area contributed by atoms with Gasteiger partial charge >= 0.3 is 0 Å². The van der Waals surface area contributed by atoms with Crippen LogP contribution in [0.4, 0.5) is 0 Å². The highest BCUT2D eigenvalue weighted by molar-refractivity contribution is 5.29. The lowest BCUT2D eigenvalue weighted by atomic mass is 9.95. The Morgan fingerprint density at radius 2 is 2.00 bits per heavy atom. The molecule has 19 heavy (non-hydrogen) atoms. The molecule has 1 heterocycles. The Balaban J connectivity index is 3.14. The molecule has 0 saturated heterocycles. The van der Waals surface area contributed by atoms with Crippen LogP contribution in [0.1, 0.15) is 65.2 Å². The van der Waals surface area contributed by atoms with E-state index in [1.807, 2.05) is 6.20 Å². The minimum absolute atomic E-state index is 0.296. The van der Waals surface area contributed by atoms with Crippen LogP contribution in [0.15, 0.2) is 6.20 Å². The third-order valence-electron chi connectivity index (χ3n) is 3.63. The van der Waals surface area contributed by atoms with Crippen LogP contribution in [0.2, 0.25) is 0 Å². The summed E-state index contributed by atoms with van der Waals surface area (Å²) in [6, 6.07) is 0.638. The van der Waals surface area contributed by atoms with E-state index in [1.165, 1.54) is 5.69 Å². The molecule has 1 aromatic rings. The molecule has 2 unspecified atom stereocenters. The third kappa shape index (κ3) is 3.72. The van der Waals surface area contributed by atoms with Crippen LogP contribution in [-0.2, 0) is 0 Å². The van der Waals surface area contributed by atoms with E-state index >= 15 is 0 Å². The Kier molecular flexibility index (Phi) is 6.35. The molecule has 0 radical (unpaired) electrons. The molecule has 4 heteroatoms. The third-order valence-corrected chi connectivity index (χ3v) is 3.63. The fourth-order valence-corrected chi connectivity index (χ4v) is 2.32. The second-order valence-corrected chi connectivity index (χ2v) is 5.45. The van der Waals surface area contributed by atoms with Gasteiger partial charge < -0.3 is 10.1 Å². The van der Waals surface area contributed by atoms with Gasteiger partial charge in [0.05, 0.1) is 25.0 Å². The van der Waals surface area contributed by atoms with Crippen molar-refractivity contribution < 1.29 is 4.74 Å². The predicted molar refractivity (Wildman–Crippen MR) is 79.7 cm³/mol. The predicted octanol–water partition coefficient (Wildman–Crippen LogP) is 3.56. The minimum atomic E-state index is 0.296. The van der Waals surface area contributed by atoms with Crippen molar-refractivity contribution in [2.75, 3.05) is 13.7 Å². The van der Waals surface area contributed by atoms with Gasteiger partial charge in [-0.3, -0.25) is 4.68 Å². The molecule has 0 amide bonds. The van der Waals surface area contributed by atoms with Crippen molar-refractivity contribution >= 4 is 0 Å². The molecule has 0 aromatic carbocycles. The zero-order valence-electron chi connectivity index (χ0n) is 13.2. The van der Waals surface area contributed by atoms with Crippen molar-refractivity contribution in [3.8, 4) is 5.75 Å². The first-order valence-electron chi connectivity index (χ1n) is 7.41. The maximum absolute atomic E-state index is 5.51. The molecule has 1 rings (SSSR count). The van der Waals surface area contributed by atoms with Gasteiger partial charge in [0.25, 0.3) is 0 Å². The van der Waals surface area contributed by atoms with E-state index in [4.69, 9.17) is 4.74 Å². The summed E-state index contributed by atoms with van der Waals surface area (Å²) in [5, 5.41) is 8.14. The zero-order chi connectivity index (χ0) is 14.4. The fourth-order valence-electron chi connectivity index (χ4n) is 2.32. The van der Waals surface area contributed by atoms with Gasteiger partial charge in [-0.2, -0.15) is 5.10 Å². The average Bonchev–Trinajstić information content (AvgIpc) is 2.82. The number of nitrogens with one attached hydrogen (secondary N) is 1. The van der Waals surface area contributed by atoms with Crippen LogP contribution in [0, 0.1) is 5.92 Å². The number of hydrogen-bond acceptors (Lipinski definition) is 3. The molecule has 2 atom stereocenters. The number of methoxy groups -OCH3 is 1. The number of aromatic nitrogens is 2. The average molecular weight is 267 g/mol. The maximum Gasteiger partial charge on any atom is 0.161 e. The van der Waals surface area contributed by atoms with E-state index in [9.17, 15) is 0 Å². The van der Waals surface area contributed by atoms with Gasteiger partial charge in [-0.1, -0.05) is 27.2 Å². The van der Waals surface area contributed by atoms with E-state index in [0.29, 0.717) is 18.0 Å². The summed E-state index contributed by atoms with van der Waals surface area (Å²) in [5.74, 6) is 1.44. The smallest absolute Gasteiger partial charge is 0.161 e. The molecule has 0 saturated carbocycles. The molecule has 110 valence electrons. The molecule has 4 nitrogen and oxygen atoms in total. The molecule has 0 fully saturated rings. The van der Waals surface area contributed by atoms with Crippen LogP contribution in [0.25, 0.3) is 0 Å². The summed E-state index contributed by atoms with van der Waals surface area (Å²) >= 11 is 0. The summed E-state index contributed by atoms with van der Waals surface area (Å²) in [6.45, 7) is 12.0. The summed E-state index contributed by atoms with van der Waals surface area (Å²) in [7, 11) is 1.72. The summed E-state index contributed by atoms with van der Waals surface area (Å²) in [4.78, 5) is 0. The molecule has 1 aromatic heterocycles. The van der Waals surface area contributed by atoms with Crippen molar-refractivity contribution in [3.63, 3.8) is 0 Å². The van der Waals surface area contributed by atoms with Crippen molar-refractivity contribution in [2.45, 2.75) is 59.5 Å². The van der Waals surface area contributed by atoms with Crippen molar-refractivity contribution in [3.05, 3.63) is 11.9 Å².